The lowest BCUT2D eigenvalue weighted by Gasteiger charge is -2.06. The summed E-state index contributed by atoms with van der Waals surface area (Å²) in [5, 5.41) is 3.05. The number of methoxy groups -OCH3 is 2. The van der Waals surface area contributed by atoms with Gasteiger partial charge in [-0.25, -0.2) is 4.79 Å². The molecule has 0 amide bonds. The number of carbonyl (C=O) groups is 1. The van der Waals surface area contributed by atoms with Crippen molar-refractivity contribution in [1.29, 1.82) is 0 Å². The Bertz CT molecular complexity index is 774. The molecule has 1 N–H and O–H groups in total. The highest BCUT2D eigenvalue weighted by Crippen LogP contribution is 2.33. The van der Waals surface area contributed by atoms with Gasteiger partial charge in [-0.15, -0.1) is 0 Å². The number of carbonyl (C=O) groups excluding carboxylic acids is 1. The van der Waals surface area contributed by atoms with Gasteiger partial charge in [0.05, 0.1) is 19.7 Å². The molecule has 19 heavy (non-hydrogen) atoms. The van der Waals surface area contributed by atoms with Gasteiger partial charge in [-0.3, -0.25) is 0 Å². The minimum atomic E-state index is -0.376. The van der Waals surface area contributed by atoms with Crippen LogP contribution in [0.2, 0.25) is 0 Å². The van der Waals surface area contributed by atoms with Crippen LogP contribution in [0.25, 0.3) is 21.7 Å². The van der Waals surface area contributed by atoms with Crippen LogP contribution in [0, 0.1) is 0 Å². The Morgan fingerprint density at radius 1 is 1.05 bits per heavy atom. The van der Waals surface area contributed by atoms with Crippen LogP contribution in [0.15, 0.2) is 36.4 Å². The van der Waals surface area contributed by atoms with Crippen molar-refractivity contribution in [2.24, 2.45) is 0 Å². The Hall–Kier alpha value is -2.49. The van der Waals surface area contributed by atoms with Crippen molar-refractivity contribution in [2.45, 2.75) is 0 Å². The maximum atomic E-state index is 11.6. The number of nitrogens with one attached hydrogen (secondary N) is 1. The summed E-state index contributed by atoms with van der Waals surface area (Å²) in [7, 11) is 3.00. The van der Waals surface area contributed by atoms with E-state index in [0.717, 1.165) is 27.4 Å². The maximum absolute atomic E-state index is 11.6. The largest absolute Gasteiger partial charge is 0.496 e. The van der Waals surface area contributed by atoms with Crippen LogP contribution in [0.3, 0.4) is 0 Å². The van der Waals surface area contributed by atoms with Gasteiger partial charge in [0.25, 0.3) is 0 Å². The van der Waals surface area contributed by atoms with E-state index in [4.69, 9.17) is 9.47 Å². The van der Waals surface area contributed by atoms with Gasteiger partial charge in [0, 0.05) is 16.8 Å². The predicted octanol–water partition coefficient (Wildman–Crippen LogP) is 3.12. The summed E-state index contributed by atoms with van der Waals surface area (Å²) in [4.78, 5) is 14.6. The molecular formula is C15H13NO3. The van der Waals surface area contributed by atoms with Crippen molar-refractivity contribution < 1.29 is 14.3 Å². The second-order valence-electron chi connectivity index (χ2n) is 4.26. The number of rotatable bonds is 2. The summed E-state index contributed by atoms with van der Waals surface area (Å²) in [5.74, 6) is 0.403. The fourth-order valence-corrected chi connectivity index (χ4v) is 2.34. The van der Waals surface area contributed by atoms with Gasteiger partial charge >= 0.3 is 5.97 Å². The molecule has 0 radical (unpaired) electrons. The van der Waals surface area contributed by atoms with Gasteiger partial charge in [-0.1, -0.05) is 24.3 Å². The molecule has 0 spiro atoms. The minimum absolute atomic E-state index is 0.376. The molecule has 1 heterocycles. The van der Waals surface area contributed by atoms with Crippen LogP contribution >= 0.6 is 0 Å². The monoisotopic (exact) mass is 255 g/mol. The van der Waals surface area contributed by atoms with Gasteiger partial charge in [0.2, 0.25) is 0 Å². The second-order valence-corrected chi connectivity index (χ2v) is 4.26. The minimum Gasteiger partial charge on any atom is -0.496 e. The average molecular weight is 255 g/mol. The standard InChI is InChI=1S/C15H13NO3/c1-18-14-8-12-11(7-13(16-12)15(17)19-2)9-5-3-4-6-10(9)14/h3-8,16H,1-2H3. The summed E-state index contributed by atoms with van der Waals surface area (Å²) >= 11 is 0. The smallest absolute Gasteiger partial charge is 0.354 e. The van der Waals surface area contributed by atoms with Crippen LogP contribution in [-0.2, 0) is 4.74 Å². The van der Waals surface area contributed by atoms with Crippen molar-refractivity contribution in [1.82, 2.24) is 4.98 Å². The molecule has 0 aliphatic heterocycles. The zero-order valence-corrected chi connectivity index (χ0v) is 10.7. The van der Waals surface area contributed by atoms with Crippen molar-refractivity contribution >= 4 is 27.6 Å². The molecule has 0 aliphatic rings. The highest BCUT2D eigenvalue weighted by atomic mass is 16.5. The summed E-state index contributed by atoms with van der Waals surface area (Å²) < 4.78 is 10.1. The zero-order chi connectivity index (χ0) is 13.4. The first-order valence-electron chi connectivity index (χ1n) is 5.91. The van der Waals surface area contributed by atoms with E-state index in [0.29, 0.717) is 5.69 Å². The number of aromatic amines is 1. The molecule has 3 rings (SSSR count). The lowest BCUT2D eigenvalue weighted by molar-refractivity contribution is 0.0595. The Balaban J connectivity index is 2.38. The SMILES string of the molecule is COC(=O)c1cc2c(cc(OC)c3ccccc32)[nH]1. The zero-order valence-electron chi connectivity index (χ0n) is 10.7. The van der Waals surface area contributed by atoms with Crippen LogP contribution in [0.5, 0.6) is 5.75 Å². The van der Waals surface area contributed by atoms with E-state index >= 15 is 0 Å². The Morgan fingerprint density at radius 3 is 2.47 bits per heavy atom. The molecule has 0 atom stereocenters. The highest BCUT2D eigenvalue weighted by molar-refractivity contribution is 6.11. The van der Waals surface area contributed by atoms with E-state index < -0.39 is 0 Å². The Labute approximate surface area is 109 Å². The number of hydrogen-bond acceptors (Lipinski definition) is 3. The van der Waals surface area contributed by atoms with Crippen molar-refractivity contribution in [3.8, 4) is 5.75 Å². The van der Waals surface area contributed by atoms with Gasteiger partial charge in [0.1, 0.15) is 11.4 Å². The van der Waals surface area contributed by atoms with Crippen molar-refractivity contribution in [2.75, 3.05) is 14.2 Å². The van der Waals surface area contributed by atoms with Crippen LogP contribution in [0.4, 0.5) is 0 Å². The summed E-state index contributed by atoms with van der Waals surface area (Å²) in [6, 6.07) is 11.6. The van der Waals surface area contributed by atoms with Crippen LogP contribution < -0.4 is 4.74 Å². The lowest BCUT2D eigenvalue weighted by atomic mass is 10.1. The number of ether oxygens (including phenoxy) is 2. The van der Waals surface area contributed by atoms with Gasteiger partial charge in [-0.05, 0) is 11.5 Å². The van der Waals surface area contributed by atoms with E-state index in [1.807, 2.05) is 36.4 Å². The number of fused-ring (bicyclic) bond motifs is 3. The van der Waals surface area contributed by atoms with Gasteiger partial charge in [0.15, 0.2) is 0 Å². The quantitative estimate of drug-likeness (QED) is 0.716. The molecule has 0 saturated heterocycles. The first kappa shape index (κ1) is 11.6. The fourth-order valence-electron chi connectivity index (χ4n) is 2.34. The molecule has 0 unspecified atom stereocenters. The topological polar surface area (TPSA) is 51.3 Å². The first-order valence-corrected chi connectivity index (χ1v) is 5.91. The number of aromatic nitrogens is 1. The molecule has 0 saturated carbocycles. The molecule has 0 bridgehead atoms. The molecule has 1 aromatic heterocycles. The Kier molecular flexibility index (Phi) is 2.63. The fraction of sp³-hybridized carbons (Fsp3) is 0.133. The maximum Gasteiger partial charge on any atom is 0.354 e. The predicted molar refractivity (Wildman–Crippen MR) is 73.7 cm³/mol. The van der Waals surface area contributed by atoms with Crippen molar-refractivity contribution in [3.05, 3.63) is 42.1 Å². The molecule has 4 heteroatoms. The van der Waals surface area contributed by atoms with E-state index in [9.17, 15) is 4.79 Å². The number of benzene rings is 2. The highest BCUT2D eigenvalue weighted by Gasteiger charge is 2.13. The molecule has 0 fully saturated rings. The molecule has 4 nitrogen and oxygen atoms in total. The summed E-state index contributed by atoms with van der Waals surface area (Å²) in [5.41, 5.74) is 1.30. The third kappa shape index (κ3) is 1.73. The first-order chi connectivity index (χ1) is 9.24. The number of hydrogen-bond donors (Lipinski definition) is 1. The summed E-state index contributed by atoms with van der Waals surface area (Å²) in [6.45, 7) is 0. The Morgan fingerprint density at radius 2 is 1.79 bits per heavy atom. The van der Waals surface area contributed by atoms with E-state index in [-0.39, 0.29) is 5.97 Å². The molecular weight excluding hydrogens is 242 g/mol. The molecule has 96 valence electrons. The third-order valence-corrected chi connectivity index (χ3v) is 3.23. The van der Waals surface area contributed by atoms with Crippen LogP contribution in [-0.4, -0.2) is 25.2 Å². The summed E-state index contributed by atoms with van der Waals surface area (Å²) in [6.07, 6.45) is 0. The van der Waals surface area contributed by atoms with Crippen LogP contribution in [0.1, 0.15) is 10.5 Å². The molecule has 0 aliphatic carbocycles. The number of esters is 1. The lowest BCUT2D eigenvalue weighted by Crippen LogP contribution is -2.00. The average Bonchev–Trinajstić information content (AvgIpc) is 2.89. The number of H-pyrrole nitrogens is 1. The van der Waals surface area contributed by atoms with E-state index in [2.05, 4.69) is 4.98 Å². The van der Waals surface area contributed by atoms with E-state index in [1.165, 1.54) is 7.11 Å². The van der Waals surface area contributed by atoms with Gasteiger partial charge < -0.3 is 14.5 Å². The van der Waals surface area contributed by atoms with E-state index in [1.54, 1.807) is 7.11 Å². The van der Waals surface area contributed by atoms with Crippen molar-refractivity contribution in [3.63, 3.8) is 0 Å². The van der Waals surface area contributed by atoms with Gasteiger partial charge in [-0.2, -0.15) is 0 Å². The molecule has 2 aromatic carbocycles. The molecule has 3 aromatic rings. The normalized spacial score (nSPS) is 10.8. The second kappa shape index (κ2) is 4.31. The third-order valence-electron chi connectivity index (χ3n) is 3.23.